The molecule has 106 valence electrons. The Morgan fingerprint density at radius 1 is 0.952 bits per heavy atom. The number of hydrogen-bond donors (Lipinski definition) is 1. The van der Waals surface area contributed by atoms with Gasteiger partial charge in [-0.2, -0.15) is 0 Å². The van der Waals surface area contributed by atoms with Gasteiger partial charge in [0, 0.05) is 16.2 Å². The van der Waals surface area contributed by atoms with Crippen molar-refractivity contribution in [2.24, 2.45) is 0 Å². The Hall–Kier alpha value is -3.02. The van der Waals surface area contributed by atoms with E-state index >= 15 is 0 Å². The number of nitro groups is 1. The van der Waals surface area contributed by atoms with E-state index in [9.17, 15) is 19.7 Å². The van der Waals surface area contributed by atoms with Gasteiger partial charge in [0.25, 0.3) is 0 Å². The molecule has 2 aromatic carbocycles. The quantitative estimate of drug-likeness (QED) is 0.394. The zero-order chi connectivity index (χ0) is 15.2. The van der Waals surface area contributed by atoms with Crippen LogP contribution in [0.2, 0.25) is 0 Å². The van der Waals surface area contributed by atoms with Gasteiger partial charge in [-0.15, -0.1) is 0 Å². The number of para-hydroxylation sites is 1. The molecule has 1 unspecified atom stereocenters. The summed E-state index contributed by atoms with van der Waals surface area (Å²) in [6.45, 7) is 0. The summed E-state index contributed by atoms with van der Waals surface area (Å²) in [6.07, 6.45) is 0. The molecule has 0 saturated heterocycles. The number of Topliss-reactive ketones (excluding diaryl/α,β-unsaturated/α-hetero) is 1. The molecule has 0 radical (unpaired) electrons. The Kier molecular flexibility index (Phi) is 4.40. The Morgan fingerprint density at radius 2 is 1.48 bits per heavy atom. The molecule has 0 aliphatic heterocycles. The third-order valence-electron chi connectivity index (χ3n) is 2.81. The Labute approximate surface area is 120 Å². The number of carbonyl (C=O) groups is 2. The summed E-state index contributed by atoms with van der Waals surface area (Å²) < 4.78 is 0. The van der Waals surface area contributed by atoms with E-state index in [0.29, 0.717) is 5.69 Å². The molecule has 0 heterocycles. The second-order valence-electron chi connectivity index (χ2n) is 4.27. The number of benzene rings is 2. The molecule has 6 heteroatoms. The summed E-state index contributed by atoms with van der Waals surface area (Å²) in [5.41, 5.74) is 0.526. The highest BCUT2D eigenvalue weighted by Gasteiger charge is 2.38. The van der Waals surface area contributed by atoms with E-state index in [0.717, 1.165) is 0 Å². The van der Waals surface area contributed by atoms with Crippen LogP contribution in [0, 0.1) is 10.1 Å². The first-order valence-electron chi connectivity index (χ1n) is 6.18. The van der Waals surface area contributed by atoms with E-state index in [-0.39, 0.29) is 5.56 Å². The van der Waals surface area contributed by atoms with Crippen molar-refractivity contribution in [3.8, 4) is 0 Å². The smallest absolute Gasteiger partial charge is 0.320 e. The Morgan fingerprint density at radius 3 is 2.00 bits per heavy atom. The monoisotopic (exact) mass is 284 g/mol. The zero-order valence-electron chi connectivity index (χ0n) is 10.9. The third-order valence-corrected chi connectivity index (χ3v) is 2.81. The number of ketones is 1. The highest BCUT2D eigenvalue weighted by atomic mass is 16.6. The van der Waals surface area contributed by atoms with Gasteiger partial charge in [-0.3, -0.25) is 19.7 Å². The topological polar surface area (TPSA) is 89.3 Å². The van der Waals surface area contributed by atoms with Crippen LogP contribution in [0.15, 0.2) is 60.7 Å². The molecule has 1 atom stereocenters. The maximum absolute atomic E-state index is 12.1. The van der Waals surface area contributed by atoms with E-state index in [1.807, 2.05) is 0 Å². The van der Waals surface area contributed by atoms with Crippen LogP contribution in [0.25, 0.3) is 0 Å². The first-order valence-corrected chi connectivity index (χ1v) is 6.18. The maximum Gasteiger partial charge on any atom is 0.351 e. The van der Waals surface area contributed by atoms with Gasteiger partial charge >= 0.3 is 11.9 Å². The van der Waals surface area contributed by atoms with Gasteiger partial charge in [0.15, 0.2) is 0 Å². The minimum atomic E-state index is -1.97. The van der Waals surface area contributed by atoms with E-state index in [2.05, 4.69) is 5.32 Å². The largest absolute Gasteiger partial charge is 0.351 e. The van der Waals surface area contributed by atoms with Crippen molar-refractivity contribution in [2.75, 3.05) is 5.32 Å². The van der Waals surface area contributed by atoms with Crippen molar-refractivity contribution in [3.05, 3.63) is 76.3 Å². The number of anilines is 1. The zero-order valence-corrected chi connectivity index (χ0v) is 10.9. The first-order chi connectivity index (χ1) is 10.1. The maximum atomic E-state index is 12.1. The Bertz CT molecular complexity index is 656. The summed E-state index contributed by atoms with van der Waals surface area (Å²) in [5.74, 6) is -1.80. The lowest BCUT2D eigenvalue weighted by Gasteiger charge is -2.09. The van der Waals surface area contributed by atoms with Crippen molar-refractivity contribution < 1.29 is 14.5 Å². The van der Waals surface area contributed by atoms with Gasteiger partial charge in [0.05, 0.1) is 0 Å². The van der Waals surface area contributed by atoms with Crippen LogP contribution in [-0.2, 0) is 4.79 Å². The molecule has 6 nitrogen and oxygen atoms in total. The fourth-order valence-electron chi connectivity index (χ4n) is 1.80. The standard InChI is InChI=1S/C15H12N2O4/c18-14(11-7-3-1-4-8-11)13(17(20)21)15(19)16-12-9-5-2-6-10-12/h1-10,13H,(H,16,19). The highest BCUT2D eigenvalue weighted by molar-refractivity contribution is 6.15. The van der Waals surface area contributed by atoms with Crippen molar-refractivity contribution in [1.29, 1.82) is 0 Å². The van der Waals surface area contributed by atoms with Gasteiger partial charge in [0.2, 0.25) is 5.78 Å². The Balaban J connectivity index is 2.21. The first kappa shape index (κ1) is 14.4. The normalized spacial score (nSPS) is 11.4. The van der Waals surface area contributed by atoms with Crippen LogP contribution in [-0.4, -0.2) is 22.7 Å². The molecule has 1 amide bonds. The number of nitrogens with one attached hydrogen (secondary N) is 1. The minimum Gasteiger partial charge on any atom is -0.320 e. The van der Waals surface area contributed by atoms with Gasteiger partial charge < -0.3 is 5.32 Å². The average Bonchev–Trinajstić information content (AvgIpc) is 2.49. The SMILES string of the molecule is O=C(Nc1ccccc1)C(C(=O)c1ccccc1)[N+](=O)[O-]. The molecule has 21 heavy (non-hydrogen) atoms. The number of rotatable bonds is 5. The molecular formula is C15H12N2O4. The van der Waals surface area contributed by atoms with E-state index in [1.165, 1.54) is 12.1 Å². The van der Waals surface area contributed by atoms with Crippen LogP contribution in [0.3, 0.4) is 0 Å². The van der Waals surface area contributed by atoms with Gasteiger partial charge in [-0.25, -0.2) is 0 Å². The van der Waals surface area contributed by atoms with E-state index < -0.39 is 22.7 Å². The van der Waals surface area contributed by atoms with Crippen molar-refractivity contribution in [3.63, 3.8) is 0 Å². The minimum absolute atomic E-state index is 0.127. The lowest BCUT2D eigenvalue weighted by atomic mass is 10.0. The fraction of sp³-hybridized carbons (Fsp3) is 0.0667. The summed E-state index contributed by atoms with van der Waals surface area (Å²) in [7, 11) is 0. The molecular weight excluding hydrogens is 272 g/mol. The molecule has 0 aliphatic rings. The van der Waals surface area contributed by atoms with Crippen LogP contribution in [0.1, 0.15) is 10.4 Å². The second-order valence-corrected chi connectivity index (χ2v) is 4.27. The van der Waals surface area contributed by atoms with E-state index in [4.69, 9.17) is 0 Å². The van der Waals surface area contributed by atoms with E-state index in [1.54, 1.807) is 48.5 Å². The van der Waals surface area contributed by atoms with Crippen molar-refractivity contribution in [1.82, 2.24) is 0 Å². The molecule has 0 spiro atoms. The fourth-order valence-corrected chi connectivity index (χ4v) is 1.80. The average molecular weight is 284 g/mol. The van der Waals surface area contributed by atoms with Gasteiger partial charge in [0.1, 0.15) is 0 Å². The molecule has 0 bridgehead atoms. The lowest BCUT2D eigenvalue weighted by Crippen LogP contribution is -2.41. The molecule has 2 aromatic rings. The van der Waals surface area contributed by atoms with Crippen LogP contribution in [0.5, 0.6) is 0 Å². The molecule has 0 saturated carbocycles. The van der Waals surface area contributed by atoms with Crippen molar-refractivity contribution >= 4 is 17.4 Å². The summed E-state index contributed by atoms with van der Waals surface area (Å²) in [6, 6.07) is 14.0. The summed E-state index contributed by atoms with van der Waals surface area (Å²) in [4.78, 5) is 34.3. The molecule has 2 rings (SSSR count). The number of hydrogen-bond acceptors (Lipinski definition) is 4. The molecule has 1 N–H and O–H groups in total. The lowest BCUT2D eigenvalue weighted by molar-refractivity contribution is -0.490. The molecule has 0 aromatic heterocycles. The van der Waals surface area contributed by atoms with Crippen LogP contribution >= 0.6 is 0 Å². The number of carbonyl (C=O) groups excluding carboxylic acids is 2. The van der Waals surface area contributed by atoms with Crippen molar-refractivity contribution in [2.45, 2.75) is 6.04 Å². The predicted molar refractivity (Wildman–Crippen MR) is 76.6 cm³/mol. The molecule has 0 aliphatic carbocycles. The second kappa shape index (κ2) is 6.42. The summed E-state index contributed by atoms with van der Waals surface area (Å²) in [5, 5.41) is 13.4. The number of nitrogens with zero attached hydrogens (tertiary/aromatic N) is 1. The number of amides is 1. The van der Waals surface area contributed by atoms with Crippen LogP contribution in [0.4, 0.5) is 5.69 Å². The third kappa shape index (κ3) is 3.50. The predicted octanol–water partition coefficient (Wildman–Crippen LogP) is 2.15. The van der Waals surface area contributed by atoms with Crippen LogP contribution < -0.4 is 5.32 Å². The summed E-state index contributed by atoms with van der Waals surface area (Å²) >= 11 is 0. The van der Waals surface area contributed by atoms with Gasteiger partial charge in [-0.1, -0.05) is 48.5 Å². The highest BCUT2D eigenvalue weighted by Crippen LogP contribution is 2.10. The molecule has 0 fully saturated rings. The van der Waals surface area contributed by atoms with Gasteiger partial charge in [-0.05, 0) is 12.1 Å².